The highest BCUT2D eigenvalue weighted by Crippen LogP contribution is 2.24. The van der Waals surface area contributed by atoms with E-state index in [0.29, 0.717) is 22.2 Å². The Kier molecular flexibility index (Phi) is 9.59. The van der Waals surface area contributed by atoms with Crippen molar-refractivity contribution in [3.8, 4) is 5.75 Å². The third-order valence-corrected chi connectivity index (χ3v) is 5.64. The molecule has 168 valence electrons. The summed E-state index contributed by atoms with van der Waals surface area (Å²) in [5.41, 5.74) is 0.735. The summed E-state index contributed by atoms with van der Waals surface area (Å²) in [5.74, 6) is -0.636. The lowest BCUT2D eigenvalue weighted by Crippen LogP contribution is -2.51. The van der Waals surface area contributed by atoms with Crippen molar-refractivity contribution in [2.75, 3.05) is 6.61 Å². The molecule has 1 N–H and O–H groups in total. The smallest absolute Gasteiger partial charge is 0.261 e. The molecular formula is C23H27Cl2FN2O3. The Hall–Kier alpha value is -2.31. The van der Waals surface area contributed by atoms with Crippen molar-refractivity contribution in [2.24, 2.45) is 0 Å². The van der Waals surface area contributed by atoms with Gasteiger partial charge in [0.2, 0.25) is 5.91 Å². The van der Waals surface area contributed by atoms with Crippen molar-refractivity contribution < 1.29 is 18.7 Å². The van der Waals surface area contributed by atoms with E-state index in [4.69, 9.17) is 27.9 Å². The predicted octanol–water partition coefficient (Wildman–Crippen LogP) is 5.23. The van der Waals surface area contributed by atoms with E-state index in [1.54, 1.807) is 18.2 Å². The number of carbonyl (C=O) groups excluding carboxylic acids is 2. The van der Waals surface area contributed by atoms with Gasteiger partial charge in [-0.15, -0.1) is 0 Å². The molecule has 0 unspecified atom stereocenters. The molecule has 0 bridgehead atoms. The highest BCUT2D eigenvalue weighted by molar-refractivity contribution is 6.42. The zero-order valence-corrected chi connectivity index (χ0v) is 19.3. The molecule has 0 saturated carbocycles. The van der Waals surface area contributed by atoms with Gasteiger partial charge in [-0.1, -0.05) is 43.1 Å². The van der Waals surface area contributed by atoms with Crippen LogP contribution in [0.25, 0.3) is 0 Å². The zero-order chi connectivity index (χ0) is 23.0. The first-order valence-electron chi connectivity index (χ1n) is 10.2. The molecule has 2 aromatic rings. The summed E-state index contributed by atoms with van der Waals surface area (Å²) in [4.78, 5) is 27.4. The van der Waals surface area contributed by atoms with Crippen LogP contribution in [0.15, 0.2) is 42.5 Å². The van der Waals surface area contributed by atoms with Gasteiger partial charge in [-0.3, -0.25) is 9.59 Å². The SMILES string of the molecule is CC[C@@H](C)NC(=O)[C@H](CC)N(Cc1ccc(Cl)c(Cl)c1)C(=O)COc1ccc(F)cc1. The molecule has 0 heterocycles. The maximum absolute atomic E-state index is 13.1. The standard InChI is InChI=1S/C23H27Cl2FN2O3/c1-4-15(3)27-23(30)21(5-2)28(13-16-6-11-19(24)20(25)12-16)22(29)14-31-18-9-7-17(26)8-10-18/h6-12,15,21H,4-5,13-14H2,1-3H3,(H,27,30)/t15-,21+/m1/s1. The van der Waals surface area contributed by atoms with Gasteiger partial charge in [0.15, 0.2) is 6.61 Å². The number of amides is 2. The number of nitrogens with one attached hydrogen (secondary N) is 1. The third kappa shape index (κ3) is 7.40. The fraction of sp³-hybridized carbons (Fsp3) is 0.391. The van der Waals surface area contributed by atoms with Gasteiger partial charge < -0.3 is 15.0 Å². The molecular weight excluding hydrogens is 442 g/mol. The number of ether oxygens (including phenoxy) is 1. The van der Waals surface area contributed by atoms with E-state index in [9.17, 15) is 14.0 Å². The van der Waals surface area contributed by atoms with Crippen LogP contribution in [0.3, 0.4) is 0 Å². The van der Waals surface area contributed by atoms with Crippen LogP contribution in [-0.4, -0.2) is 35.4 Å². The topological polar surface area (TPSA) is 58.6 Å². The van der Waals surface area contributed by atoms with E-state index in [1.807, 2.05) is 20.8 Å². The maximum Gasteiger partial charge on any atom is 0.261 e. The summed E-state index contributed by atoms with van der Waals surface area (Å²) in [5, 5.41) is 3.71. The second-order valence-corrected chi connectivity index (χ2v) is 8.07. The zero-order valence-electron chi connectivity index (χ0n) is 17.8. The summed E-state index contributed by atoms with van der Waals surface area (Å²) in [6.45, 7) is 5.60. The number of hydrogen-bond acceptors (Lipinski definition) is 3. The summed E-state index contributed by atoms with van der Waals surface area (Å²) in [6.07, 6.45) is 1.20. The highest BCUT2D eigenvalue weighted by atomic mass is 35.5. The first kappa shape index (κ1) is 25.0. The fourth-order valence-corrected chi connectivity index (χ4v) is 3.27. The van der Waals surface area contributed by atoms with Gasteiger partial charge in [0.25, 0.3) is 5.91 Å². The second kappa shape index (κ2) is 11.9. The molecule has 2 atom stereocenters. The van der Waals surface area contributed by atoms with Crippen LogP contribution in [0.2, 0.25) is 10.0 Å². The quantitative estimate of drug-likeness (QED) is 0.518. The molecule has 2 rings (SSSR count). The molecule has 0 saturated heterocycles. The maximum atomic E-state index is 13.1. The summed E-state index contributed by atoms with van der Waals surface area (Å²) in [6, 6.07) is 9.77. The van der Waals surface area contributed by atoms with Crippen LogP contribution in [0.1, 0.15) is 39.2 Å². The first-order chi connectivity index (χ1) is 14.7. The molecule has 0 aliphatic carbocycles. The number of rotatable bonds is 10. The molecule has 5 nitrogen and oxygen atoms in total. The Bertz CT molecular complexity index is 893. The van der Waals surface area contributed by atoms with Crippen molar-refractivity contribution in [2.45, 2.75) is 52.2 Å². The predicted molar refractivity (Wildman–Crippen MR) is 121 cm³/mol. The number of halogens is 3. The van der Waals surface area contributed by atoms with Gasteiger partial charge in [0.1, 0.15) is 17.6 Å². The van der Waals surface area contributed by atoms with Crippen molar-refractivity contribution >= 4 is 35.0 Å². The van der Waals surface area contributed by atoms with Crippen LogP contribution in [0.4, 0.5) is 4.39 Å². The number of hydrogen-bond donors (Lipinski definition) is 1. The van der Waals surface area contributed by atoms with Crippen LogP contribution in [0.5, 0.6) is 5.75 Å². The lowest BCUT2D eigenvalue weighted by Gasteiger charge is -2.31. The van der Waals surface area contributed by atoms with Gasteiger partial charge in [-0.25, -0.2) is 4.39 Å². The van der Waals surface area contributed by atoms with Crippen LogP contribution < -0.4 is 10.1 Å². The van der Waals surface area contributed by atoms with Crippen LogP contribution in [0, 0.1) is 5.82 Å². The molecule has 2 aromatic carbocycles. The molecule has 0 radical (unpaired) electrons. The van der Waals surface area contributed by atoms with Crippen molar-refractivity contribution in [3.63, 3.8) is 0 Å². The minimum Gasteiger partial charge on any atom is -0.484 e. The van der Waals surface area contributed by atoms with Gasteiger partial charge in [0, 0.05) is 12.6 Å². The largest absolute Gasteiger partial charge is 0.484 e. The van der Waals surface area contributed by atoms with E-state index in [1.165, 1.54) is 29.2 Å². The minimum atomic E-state index is -0.687. The Balaban J connectivity index is 2.23. The lowest BCUT2D eigenvalue weighted by molar-refractivity contribution is -0.143. The van der Waals surface area contributed by atoms with Gasteiger partial charge in [0.05, 0.1) is 10.0 Å². The summed E-state index contributed by atoms with van der Waals surface area (Å²) >= 11 is 12.1. The Morgan fingerprint density at radius 1 is 1.06 bits per heavy atom. The Morgan fingerprint density at radius 3 is 2.32 bits per heavy atom. The molecule has 2 amide bonds. The molecule has 0 aliphatic heterocycles. The van der Waals surface area contributed by atoms with Crippen LogP contribution in [-0.2, 0) is 16.1 Å². The fourth-order valence-electron chi connectivity index (χ4n) is 2.95. The number of carbonyl (C=O) groups is 2. The van der Waals surface area contributed by atoms with E-state index in [0.717, 1.165) is 12.0 Å². The van der Waals surface area contributed by atoms with Gasteiger partial charge >= 0.3 is 0 Å². The molecule has 31 heavy (non-hydrogen) atoms. The third-order valence-electron chi connectivity index (χ3n) is 4.90. The normalized spacial score (nSPS) is 12.7. The minimum absolute atomic E-state index is 0.0149. The lowest BCUT2D eigenvalue weighted by atomic mass is 10.1. The summed E-state index contributed by atoms with van der Waals surface area (Å²) < 4.78 is 18.6. The first-order valence-corrected chi connectivity index (χ1v) is 10.9. The second-order valence-electron chi connectivity index (χ2n) is 7.25. The van der Waals surface area contributed by atoms with E-state index >= 15 is 0 Å². The summed E-state index contributed by atoms with van der Waals surface area (Å²) in [7, 11) is 0. The average Bonchev–Trinajstić information content (AvgIpc) is 2.75. The Labute approximate surface area is 192 Å². The highest BCUT2D eigenvalue weighted by Gasteiger charge is 2.29. The van der Waals surface area contributed by atoms with E-state index in [2.05, 4.69) is 5.32 Å². The number of benzene rings is 2. The van der Waals surface area contributed by atoms with Crippen molar-refractivity contribution in [1.82, 2.24) is 10.2 Å². The molecule has 0 fully saturated rings. The number of nitrogens with zero attached hydrogens (tertiary/aromatic N) is 1. The molecule has 0 spiro atoms. The van der Waals surface area contributed by atoms with E-state index < -0.39 is 11.9 Å². The van der Waals surface area contributed by atoms with Gasteiger partial charge in [-0.2, -0.15) is 0 Å². The monoisotopic (exact) mass is 468 g/mol. The molecule has 0 aliphatic rings. The molecule has 8 heteroatoms. The molecule has 0 aromatic heterocycles. The van der Waals surface area contributed by atoms with Crippen molar-refractivity contribution in [3.05, 3.63) is 63.9 Å². The average molecular weight is 469 g/mol. The Morgan fingerprint density at radius 2 is 1.74 bits per heavy atom. The van der Waals surface area contributed by atoms with Gasteiger partial charge in [-0.05, 0) is 61.7 Å². The van der Waals surface area contributed by atoms with Crippen molar-refractivity contribution in [1.29, 1.82) is 0 Å². The van der Waals surface area contributed by atoms with Crippen LogP contribution >= 0.6 is 23.2 Å². The van der Waals surface area contributed by atoms with E-state index in [-0.39, 0.29) is 31.0 Å².